The number of aromatic nitrogens is 2. The fourth-order valence-electron chi connectivity index (χ4n) is 3.20. The van der Waals surface area contributed by atoms with Crippen molar-refractivity contribution in [2.24, 2.45) is 0 Å². The number of rotatable bonds is 5. The molecule has 162 valence electrons. The Hall–Kier alpha value is -3.00. The third-order valence-electron chi connectivity index (χ3n) is 4.65. The van der Waals surface area contributed by atoms with Crippen LogP contribution in [0.1, 0.15) is 32.6 Å². The van der Waals surface area contributed by atoms with Crippen LogP contribution >= 0.6 is 34.5 Å². The molecule has 0 aliphatic rings. The fourth-order valence-corrected chi connectivity index (χ4v) is 4.56. The van der Waals surface area contributed by atoms with Crippen molar-refractivity contribution in [2.75, 3.05) is 11.9 Å². The smallest absolute Gasteiger partial charge is 0.350 e. The number of amides is 1. The molecular formula is C23H17Cl2N3O3S. The highest BCUT2D eigenvalue weighted by Gasteiger charge is 2.20. The van der Waals surface area contributed by atoms with Crippen molar-refractivity contribution in [1.29, 1.82) is 0 Å². The Bertz CT molecular complexity index is 1350. The number of benzene rings is 2. The van der Waals surface area contributed by atoms with E-state index >= 15 is 0 Å². The van der Waals surface area contributed by atoms with E-state index in [0.29, 0.717) is 53.5 Å². The van der Waals surface area contributed by atoms with E-state index in [-0.39, 0.29) is 12.5 Å². The van der Waals surface area contributed by atoms with Crippen LogP contribution in [0.4, 0.5) is 5.13 Å². The highest BCUT2D eigenvalue weighted by atomic mass is 35.5. The number of carbonyl (C=O) groups excluding carboxylic acids is 2. The Morgan fingerprint density at radius 1 is 1.09 bits per heavy atom. The summed E-state index contributed by atoms with van der Waals surface area (Å²) in [5.41, 5.74) is 2.74. The van der Waals surface area contributed by atoms with Gasteiger partial charge < -0.3 is 4.74 Å². The first-order valence-corrected chi connectivity index (χ1v) is 11.3. The van der Waals surface area contributed by atoms with Crippen molar-refractivity contribution in [2.45, 2.75) is 13.8 Å². The van der Waals surface area contributed by atoms with E-state index in [1.807, 2.05) is 24.3 Å². The molecule has 0 aliphatic heterocycles. The summed E-state index contributed by atoms with van der Waals surface area (Å²) in [4.78, 5) is 34.6. The average molecular weight is 486 g/mol. The van der Waals surface area contributed by atoms with E-state index in [2.05, 4.69) is 15.3 Å². The number of anilines is 1. The number of pyridine rings is 1. The maximum Gasteiger partial charge on any atom is 0.350 e. The molecule has 2 heterocycles. The van der Waals surface area contributed by atoms with Gasteiger partial charge in [-0.1, -0.05) is 52.7 Å². The quantitative estimate of drug-likeness (QED) is 0.330. The minimum atomic E-state index is -0.461. The number of hydrogen-bond acceptors (Lipinski definition) is 6. The first-order chi connectivity index (χ1) is 15.4. The molecule has 1 N–H and O–H groups in total. The number of nitrogens with zero attached hydrogens (tertiary/aromatic N) is 2. The largest absolute Gasteiger partial charge is 0.462 e. The maximum atomic E-state index is 13.2. The zero-order valence-corrected chi connectivity index (χ0v) is 19.4. The van der Waals surface area contributed by atoms with Crippen LogP contribution in [0, 0.1) is 6.92 Å². The molecule has 0 spiro atoms. The first kappa shape index (κ1) is 22.2. The van der Waals surface area contributed by atoms with Crippen molar-refractivity contribution in [3.8, 4) is 11.3 Å². The number of carbonyl (C=O) groups is 2. The lowest BCUT2D eigenvalue weighted by atomic mass is 10.0. The lowest BCUT2D eigenvalue weighted by Crippen LogP contribution is -2.13. The van der Waals surface area contributed by atoms with Gasteiger partial charge in [0.25, 0.3) is 5.91 Å². The number of halogens is 2. The zero-order chi connectivity index (χ0) is 22.8. The van der Waals surface area contributed by atoms with Crippen molar-refractivity contribution in [1.82, 2.24) is 9.97 Å². The predicted molar refractivity (Wildman–Crippen MR) is 128 cm³/mol. The number of fused-ring (bicyclic) bond motifs is 1. The van der Waals surface area contributed by atoms with Crippen LogP contribution in [0.25, 0.3) is 22.2 Å². The molecule has 0 bridgehead atoms. The lowest BCUT2D eigenvalue weighted by molar-refractivity contribution is 0.0531. The van der Waals surface area contributed by atoms with Gasteiger partial charge in [-0.25, -0.2) is 14.8 Å². The highest BCUT2D eigenvalue weighted by Crippen LogP contribution is 2.32. The van der Waals surface area contributed by atoms with Gasteiger partial charge in [0, 0.05) is 16.0 Å². The summed E-state index contributed by atoms with van der Waals surface area (Å²) in [6.45, 7) is 3.69. The number of thiazole rings is 1. The maximum absolute atomic E-state index is 13.2. The van der Waals surface area contributed by atoms with Crippen molar-refractivity contribution < 1.29 is 14.3 Å². The summed E-state index contributed by atoms with van der Waals surface area (Å²) < 4.78 is 5.04. The molecule has 4 rings (SSSR count). The van der Waals surface area contributed by atoms with Gasteiger partial charge in [0.15, 0.2) is 5.13 Å². The Kier molecular flexibility index (Phi) is 6.41. The Morgan fingerprint density at radius 3 is 2.62 bits per heavy atom. The summed E-state index contributed by atoms with van der Waals surface area (Å²) in [6.07, 6.45) is 0. The standard InChI is InChI=1S/C23H17Cl2N3O3S/c1-3-31-22(30)20-12(2)26-23(32-20)28-21(29)16-11-19(15-9-8-13(24)10-17(15)25)27-18-7-5-4-6-14(16)18/h4-11H,3H2,1-2H3,(H,26,28,29). The van der Waals surface area contributed by atoms with Gasteiger partial charge in [-0.05, 0) is 44.2 Å². The normalized spacial score (nSPS) is 10.9. The second-order valence-electron chi connectivity index (χ2n) is 6.80. The van der Waals surface area contributed by atoms with Gasteiger partial charge in [0.2, 0.25) is 0 Å². The molecule has 0 saturated carbocycles. The number of esters is 1. The van der Waals surface area contributed by atoms with Crippen LogP contribution in [0.2, 0.25) is 10.0 Å². The van der Waals surface area contributed by atoms with Crippen LogP contribution in [0.15, 0.2) is 48.5 Å². The molecular weight excluding hydrogens is 469 g/mol. The van der Waals surface area contributed by atoms with E-state index in [4.69, 9.17) is 27.9 Å². The van der Waals surface area contributed by atoms with Crippen molar-refractivity contribution >= 4 is 62.4 Å². The van der Waals surface area contributed by atoms with Crippen LogP contribution in [-0.2, 0) is 4.74 Å². The number of ether oxygens (including phenoxy) is 1. The van der Waals surface area contributed by atoms with Crippen LogP contribution < -0.4 is 5.32 Å². The second kappa shape index (κ2) is 9.24. The summed E-state index contributed by atoms with van der Waals surface area (Å²) in [5, 5.41) is 4.72. The Labute approximate surface area is 198 Å². The third kappa shape index (κ3) is 4.46. The molecule has 0 fully saturated rings. The van der Waals surface area contributed by atoms with Crippen molar-refractivity contribution in [3.05, 3.63) is 74.7 Å². The first-order valence-electron chi connectivity index (χ1n) is 9.68. The van der Waals surface area contributed by atoms with E-state index in [1.54, 1.807) is 38.1 Å². The van der Waals surface area contributed by atoms with Gasteiger partial charge in [-0.3, -0.25) is 10.1 Å². The van der Waals surface area contributed by atoms with E-state index < -0.39 is 5.97 Å². The molecule has 0 radical (unpaired) electrons. The molecule has 0 atom stereocenters. The van der Waals surface area contributed by atoms with Crippen LogP contribution in [-0.4, -0.2) is 28.5 Å². The molecule has 0 aliphatic carbocycles. The molecule has 0 unspecified atom stereocenters. The minimum Gasteiger partial charge on any atom is -0.462 e. The minimum absolute atomic E-state index is 0.261. The van der Waals surface area contributed by atoms with E-state index in [0.717, 1.165) is 11.3 Å². The molecule has 2 aromatic heterocycles. The predicted octanol–water partition coefficient (Wildman–Crippen LogP) is 6.40. The number of nitrogens with one attached hydrogen (secondary N) is 1. The van der Waals surface area contributed by atoms with Gasteiger partial charge in [0.05, 0.1) is 34.1 Å². The van der Waals surface area contributed by atoms with Gasteiger partial charge in [0.1, 0.15) is 4.88 Å². The Balaban J connectivity index is 1.74. The van der Waals surface area contributed by atoms with Gasteiger partial charge in [-0.15, -0.1) is 0 Å². The molecule has 1 amide bonds. The molecule has 32 heavy (non-hydrogen) atoms. The molecule has 6 nitrogen and oxygen atoms in total. The molecule has 4 aromatic rings. The second-order valence-corrected chi connectivity index (χ2v) is 8.65. The SMILES string of the molecule is CCOC(=O)c1sc(NC(=O)c2cc(-c3ccc(Cl)cc3Cl)nc3ccccc23)nc1C. The average Bonchev–Trinajstić information content (AvgIpc) is 3.13. The summed E-state index contributed by atoms with van der Waals surface area (Å²) in [7, 11) is 0. The number of hydrogen-bond donors (Lipinski definition) is 1. The topological polar surface area (TPSA) is 81.2 Å². The van der Waals surface area contributed by atoms with Crippen LogP contribution in [0.5, 0.6) is 0 Å². The highest BCUT2D eigenvalue weighted by molar-refractivity contribution is 7.17. The van der Waals surface area contributed by atoms with Crippen molar-refractivity contribution in [3.63, 3.8) is 0 Å². The third-order valence-corrected chi connectivity index (χ3v) is 6.25. The molecule has 2 aromatic carbocycles. The lowest BCUT2D eigenvalue weighted by Gasteiger charge is -2.11. The zero-order valence-electron chi connectivity index (χ0n) is 17.1. The monoisotopic (exact) mass is 485 g/mol. The van der Waals surface area contributed by atoms with E-state index in [1.165, 1.54) is 0 Å². The fraction of sp³-hybridized carbons (Fsp3) is 0.130. The summed E-state index contributed by atoms with van der Waals surface area (Å²) in [5.74, 6) is -0.837. The van der Waals surface area contributed by atoms with Gasteiger partial charge in [-0.2, -0.15) is 0 Å². The number of para-hydroxylation sites is 1. The van der Waals surface area contributed by atoms with E-state index in [9.17, 15) is 9.59 Å². The number of aryl methyl sites for hydroxylation is 1. The van der Waals surface area contributed by atoms with Gasteiger partial charge >= 0.3 is 5.97 Å². The Morgan fingerprint density at radius 2 is 1.88 bits per heavy atom. The van der Waals surface area contributed by atoms with Crippen LogP contribution in [0.3, 0.4) is 0 Å². The molecule has 0 saturated heterocycles. The molecule has 9 heteroatoms. The summed E-state index contributed by atoms with van der Waals surface area (Å²) >= 11 is 13.5. The summed E-state index contributed by atoms with van der Waals surface area (Å²) in [6, 6.07) is 14.1.